The first-order valence-corrected chi connectivity index (χ1v) is 19.1. The smallest absolute Gasteiger partial charge is 0.161 e. The number of nitrogens with zero attached hydrogens (tertiary/aromatic N) is 4. The van der Waals surface area contributed by atoms with Crippen LogP contribution in [0.15, 0.2) is 194 Å². The van der Waals surface area contributed by atoms with Crippen molar-refractivity contribution >= 4 is 31.5 Å². The van der Waals surface area contributed by atoms with Gasteiger partial charge in [-0.3, -0.25) is 0 Å². The molecule has 3 aromatic heterocycles. The Morgan fingerprint density at radius 1 is 0.291 bits per heavy atom. The van der Waals surface area contributed by atoms with Crippen LogP contribution in [0.4, 0.5) is 0 Å². The van der Waals surface area contributed by atoms with Gasteiger partial charge in [0.25, 0.3) is 0 Å². The van der Waals surface area contributed by atoms with E-state index < -0.39 is 0 Å². The van der Waals surface area contributed by atoms with Crippen LogP contribution in [0.2, 0.25) is 0 Å². The molecular formula is C50H32N4S. The lowest BCUT2D eigenvalue weighted by atomic mass is 9.99. The van der Waals surface area contributed by atoms with E-state index in [0.717, 1.165) is 73.1 Å². The Bertz CT molecular complexity index is 2850. The van der Waals surface area contributed by atoms with Crippen LogP contribution < -0.4 is 0 Å². The molecule has 5 heteroatoms. The zero-order chi connectivity index (χ0) is 36.6. The summed E-state index contributed by atoms with van der Waals surface area (Å²) in [4.78, 5) is 20.5. The van der Waals surface area contributed by atoms with Crippen LogP contribution >= 0.6 is 11.3 Å². The second-order valence-corrected chi connectivity index (χ2v) is 14.5. The molecule has 0 unspecified atom stereocenters. The fourth-order valence-corrected chi connectivity index (χ4v) is 8.36. The third-order valence-electron chi connectivity index (χ3n) is 9.92. The molecule has 0 N–H and O–H groups in total. The Morgan fingerprint density at radius 3 is 1.25 bits per heavy atom. The Kier molecular flexibility index (Phi) is 8.32. The molecule has 7 aromatic carbocycles. The van der Waals surface area contributed by atoms with E-state index in [1.165, 1.54) is 20.2 Å². The SMILES string of the molecule is c1ccc(-c2cc(-c3ccccc3)nc(-c3cccc(-c4ccc5sc6c(-c7nc(-c8ccccc8)cc(-c8ccccc8)n7)cccc6c5c4)c3)n2)cc1. The molecule has 0 aliphatic carbocycles. The predicted octanol–water partition coefficient (Wildman–Crippen LogP) is 13.3. The van der Waals surface area contributed by atoms with Crippen LogP contribution in [-0.2, 0) is 0 Å². The molecule has 0 amide bonds. The van der Waals surface area contributed by atoms with E-state index in [2.05, 4.69) is 146 Å². The van der Waals surface area contributed by atoms with Gasteiger partial charge in [-0.25, -0.2) is 19.9 Å². The molecule has 4 nitrogen and oxygen atoms in total. The molecule has 0 saturated carbocycles. The Balaban J connectivity index is 1.07. The van der Waals surface area contributed by atoms with E-state index >= 15 is 0 Å². The quantitative estimate of drug-likeness (QED) is 0.164. The Labute approximate surface area is 323 Å². The van der Waals surface area contributed by atoms with Crippen molar-refractivity contribution in [1.29, 1.82) is 0 Å². The average Bonchev–Trinajstić information content (AvgIpc) is 3.66. The van der Waals surface area contributed by atoms with Crippen molar-refractivity contribution in [1.82, 2.24) is 19.9 Å². The van der Waals surface area contributed by atoms with Gasteiger partial charge in [-0.1, -0.05) is 158 Å². The van der Waals surface area contributed by atoms with Crippen LogP contribution in [0.3, 0.4) is 0 Å². The molecular weight excluding hydrogens is 689 g/mol. The molecule has 0 aliphatic heterocycles. The lowest BCUT2D eigenvalue weighted by Crippen LogP contribution is -1.96. The van der Waals surface area contributed by atoms with Gasteiger partial charge in [0.2, 0.25) is 0 Å². The lowest BCUT2D eigenvalue weighted by Gasteiger charge is -2.11. The number of hydrogen-bond acceptors (Lipinski definition) is 5. The summed E-state index contributed by atoms with van der Waals surface area (Å²) < 4.78 is 2.39. The molecule has 0 saturated heterocycles. The third-order valence-corrected chi connectivity index (χ3v) is 11.1. The van der Waals surface area contributed by atoms with Crippen molar-refractivity contribution in [2.24, 2.45) is 0 Å². The fraction of sp³-hybridized carbons (Fsp3) is 0. The Hall–Kier alpha value is -7.08. The standard InChI is InChI=1S/C50H32N4S/c1-5-15-33(16-6-1)43-31-44(34-17-7-2-8-18-34)52-49(51-43)39-24-13-23-37(29-39)38-27-28-47-42(30-38)40-25-14-26-41(48(40)55-47)50-53-45(35-19-9-3-10-20-35)32-46(54-50)36-21-11-4-12-22-36/h1-32H. The molecule has 55 heavy (non-hydrogen) atoms. The zero-order valence-electron chi connectivity index (χ0n) is 29.7. The van der Waals surface area contributed by atoms with Crippen LogP contribution in [0, 0.1) is 0 Å². The van der Waals surface area contributed by atoms with Crippen molar-refractivity contribution < 1.29 is 0 Å². The molecule has 0 aliphatic rings. The van der Waals surface area contributed by atoms with E-state index in [9.17, 15) is 0 Å². The van der Waals surface area contributed by atoms with Gasteiger partial charge in [0, 0.05) is 53.6 Å². The van der Waals surface area contributed by atoms with E-state index in [-0.39, 0.29) is 0 Å². The van der Waals surface area contributed by atoms with Crippen LogP contribution in [0.5, 0.6) is 0 Å². The number of hydrogen-bond donors (Lipinski definition) is 0. The van der Waals surface area contributed by atoms with Crippen molar-refractivity contribution in [2.75, 3.05) is 0 Å². The summed E-state index contributed by atoms with van der Waals surface area (Å²) >= 11 is 1.79. The van der Waals surface area contributed by atoms with E-state index in [0.29, 0.717) is 5.82 Å². The summed E-state index contributed by atoms with van der Waals surface area (Å²) in [5.41, 5.74) is 12.1. The van der Waals surface area contributed by atoms with Gasteiger partial charge >= 0.3 is 0 Å². The summed E-state index contributed by atoms with van der Waals surface area (Å²) in [6.45, 7) is 0. The molecule has 3 heterocycles. The van der Waals surface area contributed by atoms with Gasteiger partial charge in [0.1, 0.15) is 0 Å². The van der Waals surface area contributed by atoms with Crippen LogP contribution in [0.25, 0.3) is 99.1 Å². The number of benzene rings is 7. The first-order valence-electron chi connectivity index (χ1n) is 18.3. The summed E-state index contributed by atoms with van der Waals surface area (Å²) in [6.07, 6.45) is 0. The Morgan fingerprint density at radius 2 is 0.727 bits per heavy atom. The van der Waals surface area contributed by atoms with Gasteiger partial charge in [-0.15, -0.1) is 11.3 Å². The number of fused-ring (bicyclic) bond motifs is 3. The van der Waals surface area contributed by atoms with Gasteiger partial charge in [-0.2, -0.15) is 0 Å². The van der Waals surface area contributed by atoms with Gasteiger partial charge in [0.15, 0.2) is 11.6 Å². The lowest BCUT2D eigenvalue weighted by molar-refractivity contribution is 1.18. The first-order chi connectivity index (χ1) is 27.2. The van der Waals surface area contributed by atoms with Crippen molar-refractivity contribution in [3.8, 4) is 78.9 Å². The average molecular weight is 721 g/mol. The molecule has 0 fully saturated rings. The highest BCUT2D eigenvalue weighted by Gasteiger charge is 2.17. The van der Waals surface area contributed by atoms with Crippen molar-refractivity contribution in [2.45, 2.75) is 0 Å². The number of rotatable bonds is 7. The third kappa shape index (κ3) is 6.37. The second-order valence-electron chi connectivity index (χ2n) is 13.5. The highest BCUT2D eigenvalue weighted by atomic mass is 32.1. The van der Waals surface area contributed by atoms with E-state index in [1.54, 1.807) is 11.3 Å². The highest BCUT2D eigenvalue weighted by molar-refractivity contribution is 7.26. The van der Waals surface area contributed by atoms with Gasteiger partial charge in [-0.05, 0) is 47.5 Å². The zero-order valence-corrected chi connectivity index (χ0v) is 30.5. The minimum atomic E-state index is 0.696. The largest absolute Gasteiger partial charge is 0.228 e. The molecule has 0 radical (unpaired) electrons. The molecule has 0 spiro atoms. The van der Waals surface area contributed by atoms with Crippen molar-refractivity contribution in [3.63, 3.8) is 0 Å². The summed E-state index contributed by atoms with van der Waals surface area (Å²) in [6, 6.07) is 67.3. The monoisotopic (exact) mass is 720 g/mol. The summed E-state index contributed by atoms with van der Waals surface area (Å²) in [7, 11) is 0. The molecule has 0 bridgehead atoms. The normalized spacial score (nSPS) is 11.3. The van der Waals surface area contributed by atoms with Gasteiger partial charge in [0.05, 0.1) is 22.8 Å². The second kappa shape index (κ2) is 14.0. The highest BCUT2D eigenvalue weighted by Crippen LogP contribution is 2.42. The molecule has 10 rings (SSSR count). The summed E-state index contributed by atoms with van der Waals surface area (Å²) in [5, 5.41) is 2.40. The van der Waals surface area contributed by atoms with Crippen LogP contribution in [-0.4, -0.2) is 19.9 Å². The molecule has 258 valence electrons. The van der Waals surface area contributed by atoms with E-state index in [1.807, 2.05) is 48.5 Å². The maximum Gasteiger partial charge on any atom is 0.161 e. The predicted molar refractivity (Wildman–Crippen MR) is 229 cm³/mol. The van der Waals surface area contributed by atoms with Crippen LogP contribution in [0.1, 0.15) is 0 Å². The number of thiophene rings is 1. The minimum Gasteiger partial charge on any atom is -0.228 e. The molecule has 10 aromatic rings. The number of aromatic nitrogens is 4. The molecule has 0 atom stereocenters. The maximum atomic E-state index is 5.16. The minimum absolute atomic E-state index is 0.696. The maximum absolute atomic E-state index is 5.16. The first kappa shape index (κ1) is 32.6. The fourth-order valence-electron chi connectivity index (χ4n) is 7.16. The van der Waals surface area contributed by atoms with E-state index in [4.69, 9.17) is 19.9 Å². The topological polar surface area (TPSA) is 51.6 Å². The summed E-state index contributed by atoms with van der Waals surface area (Å²) in [5.74, 6) is 1.42. The van der Waals surface area contributed by atoms with Crippen molar-refractivity contribution in [3.05, 3.63) is 194 Å². The van der Waals surface area contributed by atoms with Gasteiger partial charge < -0.3 is 0 Å².